The third kappa shape index (κ3) is 8.26. The molecule has 38 heavy (non-hydrogen) atoms. The third-order valence-corrected chi connectivity index (χ3v) is 4.87. The highest BCUT2D eigenvalue weighted by Crippen LogP contribution is 2.13. The fraction of sp³-hybridized carbons (Fsp3) is 0.240. The van der Waals surface area contributed by atoms with Gasteiger partial charge in [-0.2, -0.15) is 0 Å². The second-order valence-electron chi connectivity index (χ2n) is 7.55. The van der Waals surface area contributed by atoms with Gasteiger partial charge >= 0.3 is 17.9 Å². The lowest BCUT2D eigenvalue weighted by atomic mass is 10.2. The molecule has 0 atom stereocenters. The molecular weight excluding hydrogens is 504 g/mol. The maximum atomic E-state index is 11.8. The Morgan fingerprint density at radius 2 is 1.08 bits per heavy atom. The van der Waals surface area contributed by atoms with Gasteiger partial charge in [-0.1, -0.05) is 12.1 Å². The van der Waals surface area contributed by atoms with Crippen molar-refractivity contribution in [2.24, 2.45) is 0 Å². The largest absolute Gasteiger partial charge is 0.490 e. The van der Waals surface area contributed by atoms with Crippen molar-refractivity contribution in [3.63, 3.8) is 0 Å². The molecule has 2 aliphatic heterocycles. The Kier molecular flexibility index (Phi) is 9.63. The van der Waals surface area contributed by atoms with Crippen LogP contribution >= 0.6 is 0 Å². The lowest BCUT2D eigenvalue weighted by Crippen LogP contribution is -2.36. The minimum atomic E-state index is -0.810. The van der Waals surface area contributed by atoms with Gasteiger partial charge in [0.25, 0.3) is 23.6 Å². The van der Waals surface area contributed by atoms with E-state index in [1.807, 2.05) is 0 Å². The number of hydrogen-bond acceptors (Lipinski definition) is 11. The first kappa shape index (κ1) is 27.5. The van der Waals surface area contributed by atoms with Crippen LogP contribution in [0.3, 0.4) is 0 Å². The van der Waals surface area contributed by atoms with Gasteiger partial charge in [0.05, 0.1) is 0 Å². The van der Waals surface area contributed by atoms with Crippen molar-refractivity contribution >= 4 is 47.6 Å². The molecule has 1 aromatic rings. The summed E-state index contributed by atoms with van der Waals surface area (Å²) in [6.45, 7) is -1.50. The monoisotopic (exact) mass is 526 g/mol. The minimum absolute atomic E-state index is 0.0412. The zero-order valence-electron chi connectivity index (χ0n) is 19.9. The van der Waals surface area contributed by atoms with Gasteiger partial charge in [-0.05, 0) is 23.8 Å². The smallest absolute Gasteiger partial charge is 0.330 e. The minimum Gasteiger partial charge on any atom is -0.490 e. The van der Waals surface area contributed by atoms with Crippen LogP contribution in [0, 0.1) is 0 Å². The van der Waals surface area contributed by atoms with Gasteiger partial charge in [0.2, 0.25) is 0 Å². The van der Waals surface area contributed by atoms with E-state index in [9.17, 15) is 33.6 Å². The van der Waals surface area contributed by atoms with Crippen molar-refractivity contribution in [2.45, 2.75) is 0 Å². The highest BCUT2D eigenvalue weighted by Gasteiger charge is 2.27. The summed E-state index contributed by atoms with van der Waals surface area (Å²) < 4.78 is 20.1. The number of carbonyl (C=O) groups is 7. The van der Waals surface area contributed by atoms with E-state index in [2.05, 4.69) is 0 Å². The van der Waals surface area contributed by atoms with Crippen LogP contribution in [0.4, 0.5) is 0 Å². The first-order chi connectivity index (χ1) is 18.2. The van der Waals surface area contributed by atoms with Gasteiger partial charge in [0.15, 0.2) is 0 Å². The van der Waals surface area contributed by atoms with Gasteiger partial charge in [0.1, 0.15) is 45.3 Å². The van der Waals surface area contributed by atoms with E-state index >= 15 is 0 Å². The van der Waals surface area contributed by atoms with Crippen LogP contribution in [-0.4, -0.2) is 90.9 Å². The van der Waals surface area contributed by atoms with Crippen LogP contribution < -0.4 is 4.74 Å². The Hall–Kier alpha value is -5.07. The number of benzene rings is 1. The Morgan fingerprint density at radius 1 is 0.632 bits per heavy atom. The molecule has 0 radical (unpaired) electrons. The fourth-order valence-electron chi connectivity index (χ4n) is 3.02. The Morgan fingerprint density at radius 3 is 1.58 bits per heavy atom. The van der Waals surface area contributed by atoms with Crippen LogP contribution in [0.25, 0.3) is 6.08 Å². The Balaban J connectivity index is 1.27. The van der Waals surface area contributed by atoms with E-state index < -0.39 is 54.6 Å². The molecule has 0 bridgehead atoms. The molecule has 198 valence electrons. The second-order valence-corrected chi connectivity index (χ2v) is 7.55. The average molecular weight is 526 g/mol. The van der Waals surface area contributed by atoms with Crippen molar-refractivity contribution in [3.8, 4) is 5.75 Å². The lowest BCUT2D eigenvalue weighted by Gasteiger charge is -2.13. The van der Waals surface area contributed by atoms with Gasteiger partial charge in [0, 0.05) is 30.4 Å². The van der Waals surface area contributed by atoms with E-state index in [0.717, 1.165) is 34.1 Å². The molecule has 13 heteroatoms. The van der Waals surface area contributed by atoms with Crippen LogP contribution in [0.2, 0.25) is 0 Å². The normalized spacial score (nSPS) is 14.5. The summed E-state index contributed by atoms with van der Waals surface area (Å²) in [7, 11) is 0. The van der Waals surface area contributed by atoms with E-state index in [-0.39, 0.29) is 26.4 Å². The van der Waals surface area contributed by atoms with Crippen LogP contribution in [0.15, 0.2) is 54.6 Å². The molecule has 0 unspecified atom stereocenters. The topological polar surface area (TPSA) is 163 Å². The number of ether oxygens (including phenoxy) is 4. The predicted octanol–water partition coefficient (Wildman–Crippen LogP) is -0.442. The molecule has 4 amide bonds. The van der Waals surface area contributed by atoms with Crippen molar-refractivity contribution in [3.05, 3.63) is 60.2 Å². The summed E-state index contributed by atoms with van der Waals surface area (Å²) in [6.07, 6.45) is 6.92. The summed E-state index contributed by atoms with van der Waals surface area (Å²) >= 11 is 0. The van der Waals surface area contributed by atoms with Gasteiger partial charge < -0.3 is 18.9 Å². The summed E-state index contributed by atoms with van der Waals surface area (Å²) in [5, 5.41) is 0. The predicted molar refractivity (Wildman–Crippen MR) is 126 cm³/mol. The molecule has 0 spiro atoms. The highest BCUT2D eigenvalue weighted by molar-refractivity contribution is 6.14. The fourth-order valence-corrected chi connectivity index (χ4v) is 3.02. The highest BCUT2D eigenvalue weighted by atomic mass is 16.6. The SMILES string of the molecule is O=C(C=Cc1ccc(OCCOC(=O)CN2C(=O)C=CC2=O)cc1)OCCOC(=O)CN1C(=O)C=CC1=O. The molecule has 0 aliphatic carbocycles. The molecule has 0 fully saturated rings. The molecule has 2 aliphatic rings. The molecule has 2 heterocycles. The van der Waals surface area contributed by atoms with Crippen LogP contribution in [-0.2, 0) is 47.8 Å². The molecular formula is C25H22N2O11. The number of hydrogen-bond donors (Lipinski definition) is 0. The van der Waals surface area contributed by atoms with E-state index in [1.54, 1.807) is 24.3 Å². The zero-order valence-corrected chi connectivity index (χ0v) is 19.9. The van der Waals surface area contributed by atoms with Gasteiger partial charge in [-0.3, -0.25) is 38.6 Å². The van der Waals surface area contributed by atoms with E-state index in [1.165, 1.54) is 12.2 Å². The number of amides is 4. The third-order valence-electron chi connectivity index (χ3n) is 4.87. The molecule has 13 nitrogen and oxygen atoms in total. The number of esters is 3. The Bertz CT molecular complexity index is 1180. The van der Waals surface area contributed by atoms with E-state index in [4.69, 9.17) is 18.9 Å². The zero-order chi connectivity index (χ0) is 27.5. The van der Waals surface area contributed by atoms with Gasteiger partial charge in [-0.25, -0.2) is 4.79 Å². The number of imide groups is 2. The average Bonchev–Trinajstić information content (AvgIpc) is 3.39. The van der Waals surface area contributed by atoms with Crippen molar-refractivity contribution in [1.82, 2.24) is 9.80 Å². The number of carbonyl (C=O) groups excluding carboxylic acids is 7. The molecule has 0 aromatic heterocycles. The molecule has 1 aromatic carbocycles. The van der Waals surface area contributed by atoms with E-state index in [0.29, 0.717) is 11.3 Å². The summed E-state index contributed by atoms with van der Waals surface area (Å²) in [5.74, 6) is -4.10. The van der Waals surface area contributed by atoms with Crippen molar-refractivity contribution in [2.75, 3.05) is 39.5 Å². The first-order valence-electron chi connectivity index (χ1n) is 11.2. The summed E-state index contributed by atoms with van der Waals surface area (Å²) in [5.41, 5.74) is 0.661. The molecule has 0 saturated carbocycles. The molecule has 0 N–H and O–H groups in total. The summed E-state index contributed by atoms with van der Waals surface area (Å²) in [6, 6.07) is 6.59. The number of nitrogens with zero attached hydrogens (tertiary/aromatic N) is 2. The first-order valence-corrected chi connectivity index (χ1v) is 11.2. The molecule has 3 rings (SSSR count). The molecule has 0 saturated heterocycles. The van der Waals surface area contributed by atoms with Crippen molar-refractivity contribution < 1.29 is 52.5 Å². The lowest BCUT2D eigenvalue weighted by molar-refractivity contribution is -0.154. The van der Waals surface area contributed by atoms with Crippen LogP contribution in [0.1, 0.15) is 5.56 Å². The number of rotatable bonds is 13. The van der Waals surface area contributed by atoms with Gasteiger partial charge in [-0.15, -0.1) is 0 Å². The Labute approximate surface area is 215 Å². The standard InChI is InChI=1S/C25H22N2O11/c28-19-6-7-20(29)26(19)15-24(33)37-12-11-35-18-4-1-17(2-5-18)3-10-23(32)36-13-14-38-25(34)16-27-21(30)8-9-22(27)31/h1-10H,11-16H2. The van der Waals surface area contributed by atoms with Crippen LogP contribution in [0.5, 0.6) is 5.75 Å². The maximum absolute atomic E-state index is 11.8. The maximum Gasteiger partial charge on any atom is 0.330 e. The summed E-state index contributed by atoms with van der Waals surface area (Å²) in [4.78, 5) is 82.3. The van der Waals surface area contributed by atoms with Crippen molar-refractivity contribution in [1.29, 1.82) is 0 Å². The second kappa shape index (κ2) is 13.3. The quantitative estimate of drug-likeness (QED) is 0.108.